The molecule has 0 spiro atoms. The number of nitrogens with zero attached hydrogens (tertiary/aromatic N) is 1. The summed E-state index contributed by atoms with van der Waals surface area (Å²) in [7, 11) is 0. The van der Waals surface area contributed by atoms with Crippen molar-refractivity contribution in [3.63, 3.8) is 0 Å². The Labute approximate surface area is 149 Å². The molecular formula is C20H28N2O3. The normalized spacial score (nSPS) is 19.3. The van der Waals surface area contributed by atoms with Crippen molar-refractivity contribution in [3.05, 3.63) is 29.3 Å². The highest BCUT2D eigenvalue weighted by Gasteiger charge is 2.37. The second kappa shape index (κ2) is 7.16. The van der Waals surface area contributed by atoms with Gasteiger partial charge in [0.1, 0.15) is 6.04 Å². The molecule has 1 saturated carbocycles. The van der Waals surface area contributed by atoms with Crippen LogP contribution in [0.2, 0.25) is 0 Å². The molecule has 1 aromatic rings. The molecule has 0 saturated heterocycles. The first-order valence-corrected chi connectivity index (χ1v) is 9.31. The number of carbonyl (C=O) groups excluding carboxylic acids is 2. The van der Waals surface area contributed by atoms with Gasteiger partial charge in [-0.1, -0.05) is 26.0 Å². The minimum Gasteiger partial charge on any atom is -0.391 e. The van der Waals surface area contributed by atoms with Crippen LogP contribution in [0.3, 0.4) is 0 Å². The number of carbonyl (C=O) groups is 2. The van der Waals surface area contributed by atoms with Crippen molar-refractivity contribution < 1.29 is 14.7 Å². The van der Waals surface area contributed by atoms with Crippen molar-refractivity contribution in [1.82, 2.24) is 5.32 Å². The molecule has 5 heteroatoms. The van der Waals surface area contributed by atoms with Crippen molar-refractivity contribution in [1.29, 1.82) is 0 Å². The SMILES string of the molecule is CC(C)c1ccc2c(c1)CCCN2C(=O)C(NC(=O)C1CC1)C(C)O. The first-order chi connectivity index (χ1) is 11.9. The van der Waals surface area contributed by atoms with E-state index in [0.29, 0.717) is 12.5 Å². The number of nitrogens with one attached hydrogen (secondary N) is 1. The molecule has 1 aliphatic heterocycles. The number of anilines is 1. The standard InChI is InChI=1S/C20H28N2O3/c1-12(2)15-8-9-17-16(11-15)5-4-10-22(17)20(25)18(13(3)23)21-19(24)14-6-7-14/h8-9,11-14,18,23H,4-7,10H2,1-3H3,(H,21,24). The summed E-state index contributed by atoms with van der Waals surface area (Å²) in [6.07, 6.45) is 2.67. The number of aliphatic hydroxyl groups is 1. The van der Waals surface area contributed by atoms with E-state index in [2.05, 4.69) is 31.3 Å². The van der Waals surface area contributed by atoms with Crippen LogP contribution in [0.15, 0.2) is 18.2 Å². The van der Waals surface area contributed by atoms with Gasteiger partial charge in [-0.05, 0) is 55.7 Å². The fraction of sp³-hybridized carbons (Fsp3) is 0.600. The van der Waals surface area contributed by atoms with Crippen LogP contribution in [0.1, 0.15) is 57.1 Å². The molecule has 2 unspecified atom stereocenters. The van der Waals surface area contributed by atoms with Crippen LogP contribution in [-0.4, -0.2) is 35.6 Å². The number of amides is 2. The maximum atomic E-state index is 13.1. The van der Waals surface area contributed by atoms with Crippen molar-refractivity contribution >= 4 is 17.5 Å². The Hall–Kier alpha value is -1.88. The predicted octanol–water partition coefficient (Wildman–Crippen LogP) is 2.36. The molecule has 1 heterocycles. The minimum absolute atomic E-state index is 0.0105. The van der Waals surface area contributed by atoms with E-state index in [9.17, 15) is 14.7 Å². The van der Waals surface area contributed by atoms with Crippen molar-refractivity contribution in [2.45, 2.75) is 64.5 Å². The molecule has 0 aromatic heterocycles. The summed E-state index contributed by atoms with van der Waals surface area (Å²) >= 11 is 0. The Balaban J connectivity index is 1.82. The summed E-state index contributed by atoms with van der Waals surface area (Å²) in [4.78, 5) is 26.9. The number of rotatable bonds is 5. The van der Waals surface area contributed by atoms with Gasteiger partial charge >= 0.3 is 0 Å². The molecular weight excluding hydrogens is 316 g/mol. The Kier molecular flexibility index (Phi) is 5.13. The summed E-state index contributed by atoms with van der Waals surface area (Å²) < 4.78 is 0. The molecule has 2 aliphatic rings. The zero-order valence-corrected chi connectivity index (χ0v) is 15.3. The molecule has 3 rings (SSSR count). The molecule has 5 nitrogen and oxygen atoms in total. The van der Waals surface area contributed by atoms with Crippen LogP contribution < -0.4 is 10.2 Å². The third-order valence-electron chi connectivity index (χ3n) is 5.15. The number of aliphatic hydroxyl groups excluding tert-OH is 1. The Bertz CT molecular complexity index is 665. The average Bonchev–Trinajstić information content (AvgIpc) is 3.42. The summed E-state index contributed by atoms with van der Waals surface area (Å²) in [6, 6.07) is 5.36. The zero-order chi connectivity index (χ0) is 18.1. The average molecular weight is 344 g/mol. The maximum absolute atomic E-state index is 13.1. The third kappa shape index (κ3) is 3.87. The van der Waals surface area contributed by atoms with Gasteiger partial charge in [0.05, 0.1) is 6.10 Å². The van der Waals surface area contributed by atoms with Gasteiger partial charge in [-0.25, -0.2) is 0 Å². The van der Waals surface area contributed by atoms with Gasteiger partial charge in [0.2, 0.25) is 5.91 Å². The van der Waals surface area contributed by atoms with Gasteiger partial charge in [0.15, 0.2) is 0 Å². The Morgan fingerprint density at radius 3 is 2.56 bits per heavy atom. The van der Waals surface area contributed by atoms with Gasteiger partial charge in [0.25, 0.3) is 5.91 Å². The quantitative estimate of drug-likeness (QED) is 0.861. The molecule has 2 N–H and O–H groups in total. The monoisotopic (exact) mass is 344 g/mol. The highest BCUT2D eigenvalue weighted by molar-refractivity contribution is 6.00. The van der Waals surface area contributed by atoms with Gasteiger partial charge < -0.3 is 15.3 Å². The third-order valence-corrected chi connectivity index (χ3v) is 5.15. The van der Waals surface area contributed by atoms with E-state index in [-0.39, 0.29) is 17.7 Å². The van der Waals surface area contributed by atoms with Gasteiger partial charge in [-0.3, -0.25) is 9.59 Å². The molecule has 0 bridgehead atoms. The van der Waals surface area contributed by atoms with Crippen LogP contribution in [0.5, 0.6) is 0 Å². The molecule has 1 aliphatic carbocycles. The first kappa shape index (κ1) is 17.9. The van der Waals surface area contributed by atoms with Crippen LogP contribution in [0.4, 0.5) is 5.69 Å². The number of benzene rings is 1. The lowest BCUT2D eigenvalue weighted by Crippen LogP contribution is -2.55. The number of aryl methyl sites for hydroxylation is 1. The Morgan fingerprint density at radius 2 is 1.96 bits per heavy atom. The van der Waals surface area contributed by atoms with Crippen molar-refractivity contribution in [2.75, 3.05) is 11.4 Å². The number of hydrogen-bond acceptors (Lipinski definition) is 3. The van der Waals surface area contributed by atoms with E-state index < -0.39 is 12.1 Å². The van der Waals surface area contributed by atoms with Gasteiger partial charge in [-0.2, -0.15) is 0 Å². The molecule has 136 valence electrons. The summed E-state index contributed by atoms with van der Waals surface area (Å²) in [5.41, 5.74) is 3.35. The summed E-state index contributed by atoms with van der Waals surface area (Å²) in [5.74, 6) is 0.115. The molecule has 0 radical (unpaired) electrons. The highest BCUT2D eigenvalue weighted by atomic mass is 16.3. The largest absolute Gasteiger partial charge is 0.391 e. The van der Waals surface area contributed by atoms with Crippen LogP contribution in [-0.2, 0) is 16.0 Å². The lowest BCUT2D eigenvalue weighted by Gasteiger charge is -2.34. The van der Waals surface area contributed by atoms with E-state index in [1.54, 1.807) is 11.8 Å². The fourth-order valence-corrected chi connectivity index (χ4v) is 3.38. The molecule has 1 aromatic carbocycles. The second-order valence-electron chi connectivity index (χ2n) is 7.64. The first-order valence-electron chi connectivity index (χ1n) is 9.31. The van der Waals surface area contributed by atoms with Crippen molar-refractivity contribution in [3.8, 4) is 0 Å². The molecule has 25 heavy (non-hydrogen) atoms. The maximum Gasteiger partial charge on any atom is 0.252 e. The van der Waals surface area contributed by atoms with E-state index in [4.69, 9.17) is 0 Å². The molecule has 1 fully saturated rings. The van der Waals surface area contributed by atoms with Crippen molar-refractivity contribution in [2.24, 2.45) is 5.92 Å². The fourth-order valence-electron chi connectivity index (χ4n) is 3.38. The van der Waals surface area contributed by atoms with Crippen LogP contribution >= 0.6 is 0 Å². The lowest BCUT2D eigenvalue weighted by molar-refractivity contribution is -0.130. The van der Waals surface area contributed by atoms with E-state index in [1.165, 1.54) is 11.1 Å². The van der Waals surface area contributed by atoms with E-state index >= 15 is 0 Å². The van der Waals surface area contributed by atoms with Gasteiger partial charge in [-0.15, -0.1) is 0 Å². The van der Waals surface area contributed by atoms with E-state index in [1.807, 2.05) is 6.07 Å². The van der Waals surface area contributed by atoms with Crippen LogP contribution in [0, 0.1) is 5.92 Å². The number of hydrogen-bond donors (Lipinski definition) is 2. The minimum atomic E-state index is -0.921. The smallest absolute Gasteiger partial charge is 0.252 e. The number of fused-ring (bicyclic) bond motifs is 1. The second-order valence-corrected chi connectivity index (χ2v) is 7.64. The Morgan fingerprint density at radius 1 is 1.24 bits per heavy atom. The topological polar surface area (TPSA) is 69.6 Å². The summed E-state index contributed by atoms with van der Waals surface area (Å²) in [5, 5.41) is 12.8. The van der Waals surface area contributed by atoms with Crippen LogP contribution in [0.25, 0.3) is 0 Å². The van der Waals surface area contributed by atoms with E-state index in [0.717, 1.165) is 31.4 Å². The highest BCUT2D eigenvalue weighted by Crippen LogP contribution is 2.32. The predicted molar refractivity (Wildman–Crippen MR) is 97.5 cm³/mol. The molecule has 2 amide bonds. The zero-order valence-electron chi connectivity index (χ0n) is 15.3. The lowest BCUT2D eigenvalue weighted by atomic mass is 9.94. The summed E-state index contributed by atoms with van der Waals surface area (Å²) in [6.45, 7) is 6.49. The molecule has 2 atom stereocenters. The van der Waals surface area contributed by atoms with Gasteiger partial charge in [0, 0.05) is 18.2 Å².